The first-order valence-electron chi connectivity index (χ1n) is 11.6. The van der Waals surface area contributed by atoms with Gasteiger partial charge in [-0.2, -0.15) is 0 Å². The average molecular weight is 482 g/mol. The summed E-state index contributed by atoms with van der Waals surface area (Å²) in [5, 5.41) is 0.414. The fraction of sp³-hybridized carbons (Fsp3) is 0.385. The van der Waals surface area contributed by atoms with Crippen LogP contribution in [0, 0.1) is 6.92 Å². The van der Waals surface area contributed by atoms with Crippen LogP contribution in [0.15, 0.2) is 51.7 Å². The molecular formula is C26H27NO6S. The largest absolute Gasteiger partial charge is 0.494 e. The van der Waals surface area contributed by atoms with Gasteiger partial charge in [-0.15, -0.1) is 0 Å². The van der Waals surface area contributed by atoms with E-state index < -0.39 is 27.8 Å². The first kappa shape index (κ1) is 22.7. The van der Waals surface area contributed by atoms with Gasteiger partial charge in [-0.25, -0.2) is 8.42 Å². The molecule has 178 valence electrons. The first-order valence-corrected chi connectivity index (χ1v) is 13.4. The minimum Gasteiger partial charge on any atom is -0.494 e. The lowest BCUT2D eigenvalue weighted by molar-refractivity contribution is 0.0662. The molecule has 3 heterocycles. The second kappa shape index (κ2) is 8.58. The zero-order valence-electron chi connectivity index (χ0n) is 19.2. The Morgan fingerprint density at radius 3 is 2.56 bits per heavy atom. The Morgan fingerprint density at radius 2 is 1.88 bits per heavy atom. The Hall–Kier alpha value is -3.13. The number of fused-ring (bicyclic) bond motifs is 2. The molecule has 1 aromatic heterocycles. The smallest absolute Gasteiger partial charge is 0.291 e. The van der Waals surface area contributed by atoms with Crippen molar-refractivity contribution in [1.82, 2.24) is 4.90 Å². The quantitative estimate of drug-likeness (QED) is 0.494. The lowest BCUT2D eigenvalue weighted by atomic mass is 9.97. The fourth-order valence-corrected chi connectivity index (χ4v) is 6.59. The Morgan fingerprint density at radius 1 is 1.12 bits per heavy atom. The van der Waals surface area contributed by atoms with Crippen molar-refractivity contribution < 1.29 is 22.4 Å². The molecule has 0 aliphatic carbocycles. The van der Waals surface area contributed by atoms with Gasteiger partial charge in [-0.3, -0.25) is 9.59 Å². The zero-order valence-corrected chi connectivity index (χ0v) is 20.1. The van der Waals surface area contributed by atoms with Crippen molar-refractivity contribution in [3.63, 3.8) is 0 Å². The minimum atomic E-state index is -3.25. The van der Waals surface area contributed by atoms with Crippen molar-refractivity contribution in [1.29, 1.82) is 0 Å². The molecule has 1 amide bonds. The Labute approximate surface area is 198 Å². The van der Waals surface area contributed by atoms with E-state index in [1.165, 1.54) is 0 Å². The summed E-state index contributed by atoms with van der Waals surface area (Å²) in [4.78, 5) is 28.7. The topological polar surface area (TPSA) is 93.9 Å². The molecule has 0 N–H and O–H groups in total. The van der Waals surface area contributed by atoms with E-state index in [9.17, 15) is 18.0 Å². The Bertz CT molecular complexity index is 1420. The number of benzene rings is 2. The Kier molecular flexibility index (Phi) is 5.72. The van der Waals surface area contributed by atoms with E-state index in [0.717, 1.165) is 24.0 Å². The molecule has 0 bridgehead atoms. The van der Waals surface area contributed by atoms with Gasteiger partial charge in [0.25, 0.3) is 5.91 Å². The highest BCUT2D eigenvalue weighted by molar-refractivity contribution is 7.91. The van der Waals surface area contributed by atoms with Gasteiger partial charge in [0.2, 0.25) is 5.76 Å². The van der Waals surface area contributed by atoms with E-state index in [2.05, 4.69) is 6.92 Å². The molecule has 2 aromatic carbocycles. The highest BCUT2D eigenvalue weighted by Crippen LogP contribution is 2.41. The maximum Gasteiger partial charge on any atom is 0.291 e. The highest BCUT2D eigenvalue weighted by atomic mass is 32.2. The maximum atomic E-state index is 13.6. The molecule has 3 aromatic rings. The van der Waals surface area contributed by atoms with Crippen LogP contribution in [-0.2, 0) is 9.84 Å². The van der Waals surface area contributed by atoms with Crippen LogP contribution in [0.25, 0.3) is 11.0 Å². The summed E-state index contributed by atoms with van der Waals surface area (Å²) in [7, 11) is -3.25. The van der Waals surface area contributed by atoms with E-state index >= 15 is 0 Å². The summed E-state index contributed by atoms with van der Waals surface area (Å²) in [6.07, 6.45) is 2.31. The van der Waals surface area contributed by atoms with Crippen molar-refractivity contribution in [2.24, 2.45) is 0 Å². The standard InChI is InChI=1S/C26H27NO6S/c1-3-4-12-32-19-8-6-17(7-9-19)23-22-24(28)20-14-16(2)5-10-21(20)33-25(22)26(29)27(23)18-11-13-34(30,31)15-18/h5-10,14,18,23H,3-4,11-13,15H2,1-2H3. The van der Waals surface area contributed by atoms with Crippen LogP contribution < -0.4 is 10.2 Å². The molecule has 0 radical (unpaired) electrons. The zero-order chi connectivity index (χ0) is 24.0. The monoisotopic (exact) mass is 481 g/mol. The van der Waals surface area contributed by atoms with Crippen LogP contribution in [0.4, 0.5) is 0 Å². The molecule has 34 heavy (non-hydrogen) atoms. The molecule has 0 saturated carbocycles. The van der Waals surface area contributed by atoms with Crippen LogP contribution in [0.5, 0.6) is 5.75 Å². The number of hydrogen-bond acceptors (Lipinski definition) is 6. The summed E-state index contributed by atoms with van der Waals surface area (Å²) < 4.78 is 36.2. The van der Waals surface area contributed by atoms with E-state index in [0.29, 0.717) is 29.7 Å². The maximum absolute atomic E-state index is 13.6. The lowest BCUT2D eigenvalue weighted by Gasteiger charge is -2.30. The number of unbranched alkanes of at least 4 members (excludes halogenated alkanes) is 1. The number of carbonyl (C=O) groups is 1. The SMILES string of the molecule is CCCCOc1ccc(C2c3c(oc4ccc(C)cc4c3=O)C(=O)N2C2CCS(=O)(=O)C2)cc1. The predicted molar refractivity (Wildman–Crippen MR) is 129 cm³/mol. The second-order valence-corrected chi connectivity index (χ2v) is 11.3. The van der Waals surface area contributed by atoms with Gasteiger partial charge in [-0.05, 0) is 49.6 Å². The molecule has 5 rings (SSSR count). The highest BCUT2D eigenvalue weighted by Gasteiger charge is 2.48. The predicted octanol–water partition coefficient (Wildman–Crippen LogP) is 4.01. The molecule has 7 nitrogen and oxygen atoms in total. The molecule has 2 atom stereocenters. The molecular weight excluding hydrogens is 454 g/mol. The van der Waals surface area contributed by atoms with Crippen molar-refractivity contribution >= 4 is 26.7 Å². The van der Waals surface area contributed by atoms with Gasteiger partial charge in [0.1, 0.15) is 11.3 Å². The summed E-state index contributed by atoms with van der Waals surface area (Å²) in [5.41, 5.74) is 1.99. The van der Waals surface area contributed by atoms with Crippen LogP contribution >= 0.6 is 0 Å². The van der Waals surface area contributed by atoms with Gasteiger partial charge in [0.15, 0.2) is 15.3 Å². The number of nitrogens with zero attached hydrogens (tertiary/aromatic N) is 1. The van der Waals surface area contributed by atoms with Crippen LogP contribution in [0.2, 0.25) is 0 Å². The van der Waals surface area contributed by atoms with Gasteiger partial charge < -0.3 is 14.1 Å². The average Bonchev–Trinajstić information content (AvgIpc) is 3.31. The van der Waals surface area contributed by atoms with Crippen LogP contribution in [0.3, 0.4) is 0 Å². The second-order valence-electron chi connectivity index (χ2n) is 9.12. The third-order valence-electron chi connectivity index (χ3n) is 6.63. The summed E-state index contributed by atoms with van der Waals surface area (Å²) in [5.74, 6) is 0.174. The minimum absolute atomic E-state index is 0.000997. The molecule has 1 fully saturated rings. The number of amides is 1. The van der Waals surface area contributed by atoms with E-state index in [4.69, 9.17) is 9.15 Å². The molecule has 0 spiro atoms. The van der Waals surface area contributed by atoms with Gasteiger partial charge >= 0.3 is 0 Å². The van der Waals surface area contributed by atoms with E-state index in [1.54, 1.807) is 17.0 Å². The van der Waals surface area contributed by atoms with Gasteiger partial charge in [0.05, 0.1) is 35.1 Å². The number of hydrogen-bond donors (Lipinski definition) is 0. The third kappa shape index (κ3) is 3.90. The molecule has 2 unspecified atom stereocenters. The summed E-state index contributed by atoms with van der Waals surface area (Å²) in [6, 6.07) is 11.4. The van der Waals surface area contributed by atoms with Crippen molar-refractivity contribution in [3.8, 4) is 5.75 Å². The van der Waals surface area contributed by atoms with Crippen molar-refractivity contribution in [3.05, 3.63) is 75.1 Å². The molecule has 8 heteroatoms. The number of aryl methyl sites for hydroxylation is 1. The first-order chi connectivity index (χ1) is 16.3. The number of ether oxygens (including phenoxy) is 1. The number of sulfone groups is 1. The van der Waals surface area contributed by atoms with Crippen molar-refractivity contribution in [2.45, 2.75) is 45.2 Å². The fourth-order valence-electron chi connectivity index (χ4n) is 4.88. The Balaban J connectivity index is 1.64. The molecule has 2 aliphatic rings. The van der Waals surface area contributed by atoms with E-state index in [1.807, 2.05) is 37.3 Å². The lowest BCUT2D eigenvalue weighted by Crippen LogP contribution is -2.40. The third-order valence-corrected chi connectivity index (χ3v) is 8.38. The van der Waals surface area contributed by atoms with E-state index in [-0.39, 0.29) is 28.3 Å². The number of rotatable bonds is 6. The summed E-state index contributed by atoms with van der Waals surface area (Å²) >= 11 is 0. The van der Waals surface area contributed by atoms with Gasteiger partial charge in [0, 0.05) is 6.04 Å². The number of carbonyl (C=O) groups excluding carboxylic acids is 1. The summed E-state index contributed by atoms with van der Waals surface area (Å²) in [6.45, 7) is 4.60. The normalized spacial score (nSPS) is 21.2. The van der Waals surface area contributed by atoms with Crippen LogP contribution in [0.1, 0.15) is 59.5 Å². The molecule has 1 saturated heterocycles. The van der Waals surface area contributed by atoms with Crippen molar-refractivity contribution in [2.75, 3.05) is 18.1 Å². The van der Waals surface area contributed by atoms with Gasteiger partial charge in [-0.1, -0.05) is 37.1 Å². The van der Waals surface area contributed by atoms with Crippen LogP contribution in [-0.4, -0.2) is 43.4 Å². The molecule has 2 aliphatic heterocycles.